The molecule has 0 aromatic carbocycles. The van der Waals surface area contributed by atoms with Crippen LogP contribution in [0.5, 0.6) is 0 Å². The van der Waals surface area contributed by atoms with Crippen LogP contribution in [-0.2, 0) is 4.79 Å². The fourth-order valence-electron chi connectivity index (χ4n) is 2.61. The van der Waals surface area contributed by atoms with Gasteiger partial charge in [0.05, 0.1) is 17.7 Å². The van der Waals surface area contributed by atoms with Gasteiger partial charge in [-0.05, 0) is 0 Å². The number of rotatable bonds is 5. The van der Waals surface area contributed by atoms with Crippen molar-refractivity contribution in [3.8, 4) is 0 Å². The number of pyridine rings is 1. The number of aromatic nitrogens is 3. The molecule has 27 heavy (non-hydrogen) atoms. The monoisotopic (exact) mass is 393 g/mol. The van der Waals surface area contributed by atoms with Crippen molar-refractivity contribution in [3.63, 3.8) is 0 Å². The van der Waals surface area contributed by atoms with E-state index in [1.165, 1.54) is 21.7 Å². The van der Waals surface area contributed by atoms with E-state index < -0.39 is 16.4 Å². The molecular formula is C14H15N7O5S. The van der Waals surface area contributed by atoms with Crippen LogP contribution >= 0.6 is 11.3 Å². The lowest BCUT2D eigenvalue weighted by Crippen LogP contribution is -2.51. The standard InChI is InChI=1S/C14H15N7O5S/c22-11(17-14-18-16-8-27-14)7-19-1-3-20(4-2-19)13(24)10-5-9(21(25)26)6-15-12(10)23/h5-6,8H,1-4,7H2,(H,15,23)(H,17,18,22). The maximum absolute atomic E-state index is 12.5. The van der Waals surface area contributed by atoms with Crippen molar-refractivity contribution < 1.29 is 14.5 Å². The third-order valence-corrected chi connectivity index (χ3v) is 4.57. The van der Waals surface area contributed by atoms with Crippen molar-refractivity contribution in [2.45, 2.75) is 0 Å². The number of amides is 2. The molecule has 1 fully saturated rings. The summed E-state index contributed by atoms with van der Waals surface area (Å²) in [7, 11) is 0. The largest absolute Gasteiger partial charge is 0.336 e. The first-order valence-corrected chi connectivity index (χ1v) is 8.77. The quantitative estimate of drug-likeness (QED) is 0.510. The van der Waals surface area contributed by atoms with E-state index in [4.69, 9.17) is 0 Å². The molecule has 0 aliphatic carbocycles. The minimum absolute atomic E-state index is 0.138. The zero-order chi connectivity index (χ0) is 19.4. The Morgan fingerprint density at radius 2 is 2.07 bits per heavy atom. The van der Waals surface area contributed by atoms with Crippen molar-refractivity contribution in [1.29, 1.82) is 0 Å². The predicted molar refractivity (Wildman–Crippen MR) is 94.6 cm³/mol. The molecule has 0 radical (unpaired) electrons. The lowest BCUT2D eigenvalue weighted by atomic mass is 10.2. The van der Waals surface area contributed by atoms with Crippen LogP contribution in [0.1, 0.15) is 10.4 Å². The summed E-state index contributed by atoms with van der Waals surface area (Å²) in [6.07, 6.45) is 0.952. The van der Waals surface area contributed by atoms with E-state index in [1.54, 1.807) is 0 Å². The summed E-state index contributed by atoms with van der Waals surface area (Å²) in [4.78, 5) is 52.0. The molecule has 3 rings (SSSR count). The molecule has 0 spiro atoms. The van der Waals surface area contributed by atoms with Crippen LogP contribution in [0.2, 0.25) is 0 Å². The molecular weight excluding hydrogens is 378 g/mol. The lowest BCUT2D eigenvalue weighted by Gasteiger charge is -2.34. The fourth-order valence-corrected chi connectivity index (χ4v) is 3.07. The molecule has 2 N–H and O–H groups in total. The van der Waals surface area contributed by atoms with E-state index >= 15 is 0 Å². The molecule has 0 bridgehead atoms. The summed E-state index contributed by atoms with van der Waals surface area (Å²) in [6, 6.07) is 0.975. The maximum Gasteiger partial charge on any atom is 0.286 e. The van der Waals surface area contributed by atoms with E-state index in [0.29, 0.717) is 31.3 Å². The Kier molecular flexibility index (Phi) is 5.52. The summed E-state index contributed by atoms with van der Waals surface area (Å²) in [5.74, 6) is -0.806. The van der Waals surface area contributed by atoms with Gasteiger partial charge in [-0.15, -0.1) is 10.2 Å². The van der Waals surface area contributed by atoms with E-state index in [-0.39, 0.29) is 23.7 Å². The molecule has 0 saturated carbocycles. The van der Waals surface area contributed by atoms with Crippen molar-refractivity contribution in [2.75, 3.05) is 38.0 Å². The molecule has 0 unspecified atom stereocenters. The second-order valence-corrected chi connectivity index (χ2v) is 6.55. The Morgan fingerprint density at radius 3 is 2.70 bits per heavy atom. The van der Waals surface area contributed by atoms with E-state index in [2.05, 4.69) is 20.5 Å². The molecule has 1 aliphatic heterocycles. The zero-order valence-corrected chi connectivity index (χ0v) is 14.8. The van der Waals surface area contributed by atoms with Crippen LogP contribution in [0.4, 0.5) is 10.8 Å². The molecule has 1 aliphatic rings. The van der Waals surface area contributed by atoms with Gasteiger partial charge in [-0.1, -0.05) is 11.3 Å². The minimum atomic E-state index is -0.679. The first-order chi connectivity index (χ1) is 12.9. The Hall–Kier alpha value is -3.19. The zero-order valence-electron chi connectivity index (χ0n) is 14.0. The molecule has 1 saturated heterocycles. The van der Waals surface area contributed by atoms with Gasteiger partial charge in [0.15, 0.2) is 0 Å². The minimum Gasteiger partial charge on any atom is -0.336 e. The molecule has 2 aromatic heterocycles. The lowest BCUT2D eigenvalue weighted by molar-refractivity contribution is -0.385. The first-order valence-electron chi connectivity index (χ1n) is 7.89. The summed E-state index contributed by atoms with van der Waals surface area (Å²) in [5.41, 5.74) is 0.205. The topological polar surface area (TPSA) is 154 Å². The van der Waals surface area contributed by atoms with Gasteiger partial charge < -0.3 is 9.88 Å². The first kappa shape index (κ1) is 18.6. The fraction of sp³-hybridized carbons (Fsp3) is 0.357. The molecule has 142 valence electrons. The molecule has 13 heteroatoms. The average Bonchev–Trinajstić information content (AvgIpc) is 3.14. The van der Waals surface area contributed by atoms with Gasteiger partial charge in [-0.2, -0.15) is 0 Å². The van der Waals surface area contributed by atoms with Gasteiger partial charge in [0, 0.05) is 32.2 Å². The second-order valence-electron chi connectivity index (χ2n) is 5.72. The van der Waals surface area contributed by atoms with E-state index in [1.807, 2.05) is 4.90 Å². The molecule has 3 heterocycles. The van der Waals surface area contributed by atoms with E-state index in [0.717, 1.165) is 12.3 Å². The number of carbonyl (C=O) groups excluding carboxylic acids is 2. The van der Waals surface area contributed by atoms with Crippen LogP contribution in [0, 0.1) is 10.1 Å². The highest BCUT2D eigenvalue weighted by Gasteiger charge is 2.26. The van der Waals surface area contributed by atoms with Crippen LogP contribution in [0.15, 0.2) is 22.6 Å². The number of aromatic amines is 1. The molecule has 0 atom stereocenters. The van der Waals surface area contributed by atoms with Gasteiger partial charge in [0.1, 0.15) is 11.1 Å². The Bertz CT molecular complexity index is 905. The van der Waals surface area contributed by atoms with Gasteiger partial charge >= 0.3 is 0 Å². The number of nitro groups is 1. The van der Waals surface area contributed by atoms with Gasteiger partial charge in [-0.25, -0.2) is 0 Å². The maximum atomic E-state index is 12.5. The number of nitrogens with one attached hydrogen (secondary N) is 2. The number of H-pyrrole nitrogens is 1. The highest BCUT2D eigenvalue weighted by atomic mass is 32.1. The number of anilines is 1. The van der Waals surface area contributed by atoms with Crippen LogP contribution in [-0.4, -0.2) is 74.4 Å². The molecule has 12 nitrogen and oxygen atoms in total. The number of hydrogen-bond acceptors (Lipinski definition) is 9. The smallest absolute Gasteiger partial charge is 0.286 e. The number of piperazine rings is 1. The van der Waals surface area contributed by atoms with Crippen LogP contribution < -0.4 is 10.9 Å². The third kappa shape index (κ3) is 4.51. The number of nitrogens with zero attached hydrogens (tertiary/aromatic N) is 5. The second kappa shape index (κ2) is 8.01. The van der Waals surface area contributed by atoms with Crippen molar-refractivity contribution in [2.24, 2.45) is 0 Å². The summed E-state index contributed by atoms with van der Waals surface area (Å²) in [6.45, 7) is 1.60. The van der Waals surface area contributed by atoms with Gasteiger partial charge in [-0.3, -0.25) is 34.7 Å². The van der Waals surface area contributed by atoms with Crippen LogP contribution in [0.3, 0.4) is 0 Å². The van der Waals surface area contributed by atoms with Gasteiger partial charge in [0.2, 0.25) is 11.0 Å². The normalized spacial score (nSPS) is 14.7. The van der Waals surface area contributed by atoms with Crippen molar-refractivity contribution in [1.82, 2.24) is 25.0 Å². The van der Waals surface area contributed by atoms with Gasteiger partial charge in [0.25, 0.3) is 17.2 Å². The third-order valence-electron chi connectivity index (χ3n) is 3.96. The summed E-state index contributed by atoms with van der Waals surface area (Å²) >= 11 is 1.21. The SMILES string of the molecule is O=C(CN1CCN(C(=O)c2cc([N+](=O)[O-])c[nH]c2=O)CC1)Nc1nncs1. The predicted octanol–water partition coefficient (Wildman–Crippen LogP) is -0.469. The Balaban J connectivity index is 1.56. The number of carbonyl (C=O) groups is 2. The summed E-state index contributed by atoms with van der Waals surface area (Å²) < 4.78 is 0. The molecule has 2 amide bonds. The van der Waals surface area contributed by atoms with Crippen LogP contribution in [0.25, 0.3) is 0 Å². The summed E-state index contributed by atoms with van der Waals surface area (Å²) in [5, 5.41) is 21.2. The van der Waals surface area contributed by atoms with Crippen molar-refractivity contribution >= 4 is 34.0 Å². The average molecular weight is 393 g/mol. The highest BCUT2D eigenvalue weighted by Crippen LogP contribution is 2.12. The Morgan fingerprint density at radius 1 is 1.33 bits per heavy atom. The molecule has 2 aromatic rings. The van der Waals surface area contributed by atoms with Crippen molar-refractivity contribution in [3.05, 3.63) is 43.8 Å². The van der Waals surface area contributed by atoms with E-state index in [9.17, 15) is 24.5 Å². The number of hydrogen-bond donors (Lipinski definition) is 2. The Labute approximate surface area is 156 Å². The highest BCUT2D eigenvalue weighted by molar-refractivity contribution is 7.13.